The molecule has 2 heterocycles. The average Bonchev–Trinajstić information content (AvgIpc) is 3.28. The van der Waals surface area contributed by atoms with Crippen molar-refractivity contribution >= 4 is 40.6 Å². The number of hydrazine groups is 1. The first-order valence-corrected chi connectivity index (χ1v) is 10.1. The van der Waals surface area contributed by atoms with E-state index in [2.05, 4.69) is 27.6 Å². The van der Waals surface area contributed by atoms with Crippen molar-refractivity contribution < 1.29 is 14.0 Å². The number of anilines is 1. The molecule has 3 rings (SSSR count). The minimum atomic E-state index is -0.356. The van der Waals surface area contributed by atoms with Crippen LogP contribution in [-0.4, -0.2) is 29.5 Å². The van der Waals surface area contributed by atoms with Gasteiger partial charge in [-0.05, 0) is 35.7 Å². The minimum Gasteiger partial charge on any atom is -0.339 e. The van der Waals surface area contributed by atoms with E-state index in [1.54, 1.807) is 11.3 Å². The van der Waals surface area contributed by atoms with Gasteiger partial charge in [-0.15, -0.1) is 23.1 Å². The lowest BCUT2D eigenvalue weighted by molar-refractivity contribution is -0.119. The predicted molar refractivity (Wildman–Crippen MR) is 102 cm³/mol. The Kier molecular flexibility index (Phi) is 6.62. The van der Waals surface area contributed by atoms with Crippen LogP contribution in [0.2, 0.25) is 0 Å². The highest BCUT2D eigenvalue weighted by Crippen LogP contribution is 2.25. The van der Waals surface area contributed by atoms with Crippen LogP contribution in [0.1, 0.15) is 17.3 Å². The van der Waals surface area contributed by atoms with E-state index >= 15 is 0 Å². The zero-order valence-corrected chi connectivity index (χ0v) is 15.5. The Balaban J connectivity index is 1.33. The number of hydrogen-bond acceptors (Lipinski definition) is 6. The Morgan fingerprint density at radius 1 is 1.15 bits per heavy atom. The fourth-order valence-corrected chi connectivity index (χ4v) is 3.95. The smallest absolute Gasteiger partial charge is 0.234 e. The summed E-state index contributed by atoms with van der Waals surface area (Å²) in [5.74, 6) is -0.369. The fraction of sp³-hybridized carbons (Fsp3) is 0.294. The number of carbonyl (C=O) groups excluding carboxylic acids is 2. The maximum atomic E-state index is 12.8. The summed E-state index contributed by atoms with van der Waals surface area (Å²) in [5, 5.41) is 7.58. The summed E-state index contributed by atoms with van der Waals surface area (Å²) in [7, 11) is 0. The molecule has 2 atom stereocenters. The lowest BCUT2D eigenvalue weighted by atomic mass is 10.2. The molecule has 1 aromatic heterocycles. The number of hydrogen-bond donors (Lipinski definition) is 4. The molecule has 138 valence electrons. The number of benzene rings is 1. The van der Waals surface area contributed by atoms with Crippen LogP contribution in [0.15, 0.2) is 41.8 Å². The molecule has 0 aliphatic carbocycles. The van der Waals surface area contributed by atoms with Gasteiger partial charge in [0.15, 0.2) is 0 Å². The molecule has 1 fully saturated rings. The van der Waals surface area contributed by atoms with Gasteiger partial charge in [0.2, 0.25) is 11.8 Å². The van der Waals surface area contributed by atoms with Crippen LogP contribution in [0.3, 0.4) is 0 Å². The Morgan fingerprint density at radius 3 is 2.65 bits per heavy atom. The zero-order valence-electron chi connectivity index (χ0n) is 13.8. The molecule has 1 aliphatic rings. The highest BCUT2D eigenvalue weighted by atomic mass is 32.2. The van der Waals surface area contributed by atoms with E-state index in [1.807, 2.05) is 11.4 Å². The van der Waals surface area contributed by atoms with Gasteiger partial charge in [0, 0.05) is 17.0 Å². The lowest BCUT2D eigenvalue weighted by Gasteiger charge is -2.11. The van der Waals surface area contributed by atoms with Crippen molar-refractivity contribution in [3.63, 3.8) is 0 Å². The van der Waals surface area contributed by atoms with Gasteiger partial charge in [0.1, 0.15) is 5.82 Å². The average molecular weight is 394 g/mol. The van der Waals surface area contributed by atoms with E-state index in [0.29, 0.717) is 5.69 Å². The molecule has 4 N–H and O–H groups in total. The maximum absolute atomic E-state index is 12.8. The molecule has 2 aromatic rings. The molecule has 2 unspecified atom stereocenters. The molecule has 0 saturated carbocycles. The first kappa shape index (κ1) is 18.8. The molecule has 2 amide bonds. The zero-order chi connectivity index (χ0) is 18.4. The van der Waals surface area contributed by atoms with Crippen molar-refractivity contribution in [1.82, 2.24) is 16.2 Å². The van der Waals surface area contributed by atoms with Gasteiger partial charge in [0.05, 0.1) is 23.7 Å². The summed E-state index contributed by atoms with van der Waals surface area (Å²) >= 11 is 2.90. The number of amides is 2. The van der Waals surface area contributed by atoms with Crippen molar-refractivity contribution in [3.05, 3.63) is 52.5 Å². The Morgan fingerprint density at radius 2 is 1.92 bits per heavy atom. The first-order valence-electron chi connectivity index (χ1n) is 8.07. The third kappa shape index (κ3) is 5.53. The third-order valence-electron chi connectivity index (χ3n) is 3.72. The van der Waals surface area contributed by atoms with Crippen molar-refractivity contribution in [2.45, 2.75) is 18.6 Å². The Hall–Kier alpha value is -1.94. The van der Waals surface area contributed by atoms with Crippen molar-refractivity contribution in [2.24, 2.45) is 0 Å². The van der Waals surface area contributed by atoms with E-state index in [4.69, 9.17) is 0 Å². The van der Waals surface area contributed by atoms with Gasteiger partial charge in [0.25, 0.3) is 0 Å². The molecule has 26 heavy (non-hydrogen) atoms. The molecule has 6 nitrogen and oxygen atoms in total. The monoisotopic (exact) mass is 394 g/mol. The summed E-state index contributed by atoms with van der Waals surface area (Å²) in [5.41, 5.74) is 6.77. The van der Waals surface area contributed by atoms with Crippen LogP contribution < -0.4 is 21.5 Å². The highest BCUT2D eigenvalue weighted by molar-refractivity contribution is 8.00. The lowest BCUT2D eigenvalue weighted by Crippen LogP contribution is -2.44. The molecular weight excluding hydrogens is 375 g/mol. The molecule has 0 bridgehead atoms. The summed E-state index contributed by atoms with van der Waals surface area (Å²) < 4.78 is 12.8. The van der Waals surface area contributed by atoms with E-state index in [0.717, 1.165) is 6.42 Å². The first-order chi connectivity index (χ1) is 12.6. The van der Waals surface area contributed by atoms with Crippen LogP contribution in [0, 0.1) is 5.82 Å². The molecule has 1 aliphatic heterocycles. The van der Waals surface area contributed by atoms with Crippen molar-refractivity contribution in [2.75, 3.05) is 16.8 Å². The third-order valence-corrected chi connectivity index (χ3v) is 5.64. The number of thioether (sulfide) groups is 1. The number of carbonyl (C=O) groups is 2. The van der Waals surface area contributed by atoms with Gasteiger partial charge in [-0.3, -0.25) is 9.59 Å². The second kappa shape index (κ2) is 9.13. The van der Waals surface area contributed by atoms with Crippen molar-refractivity contribution in [3.8, 4) is 0 Å². The van der Waals surface area contributed by atoms with Crippen LogP contribution in [-0.2, 0) is 9.59 Å². The minimum absolute atomic E-state index is 0.129. The summed E-state index contributed by atoms with van der Waals surface area (Å²) in [6.07, 6.45) is 0.630. The molecule has 1 aromatic carbocycles. The molecular formula is C17H19FN4O2S2. The van der Waals surface area contributed by atoms with E-state index in [1.165, 1.54) is 40.9 Å². The van der Waals surface area contributed by atoms with Crippen LogP contribution in [0.4, 0.5) is 10.1 Å². The van der Waals surface area contributed by atoms with Gasteiger partial charge >= 0.3 is 0 Å². The van der Waals surface area contributed by atoms with Gasteiger partial charge in [-0.25, -0.2) is 15.2 Å². The Bertz CT molecular complexity index is 740. The van der Waals surface area contributed by atoms with Crippen molar-refractivity contribution in [1.29, 1.82) is 0 Å². The SMILES string of the molecule is O=C(CSCC(=O)NC1CC(c2cccs2)NN1)Nc1ccc(F)cc1. The highest BCUT2D eigenvalue weighted by Gasteiger charge is 2.26. The second-order valence-electron chi connectivity index (χ2n) is 5.76. The topological polar surface area (TPSA) is 82.3 Å². The Labute approximate surface area is 158 Å². The van der Waals surface area contributed by atoms with Gasteiger partial charge < -0.3 is 10.6 Å². The number of thiophene rings is 1. The standard InChI is InChI=1S/C17H19FN4O2S2/c18-11-3-5-12(6-4-11)19-16(23)9-25-10-17(24)20-15-8-13(21-22-15)14-2-1-7-26-14/h1-7,13,15,21-22H,8-10H2,(H,19,23)(H,20,24). The molecule has 9 heteroatoms. The van der Waals surface area contributed by atoms with E-state index in [9.17, 15) is 14.0 Å². The normalized spacial score (nSPS) is 19.3. The summed E-state index contributed by atoms with van der Waals surface area (Å²) in [4.78, 5) is 25.0. The predicted octanol–water partition coefficient (Wildman–Crippen LogP) is 2.24. The molecule has 1 saturated heterocycles. The second-order valence-corrected chi connectivity index (χ2v) is 7.73. The molecule has 0 radical (unpaired) electrons. The quantitative estimate of drug-likeness (QED) is 0.579. The fourth-order valence-electron chi connectivity index (χ4n) is 2.53. The number of nitrogens with one attached hydrogen (secondary N) is 4. The summed E-state index contributed by atoms with van der Waals surface area (Å²) in [6.45, 7) is 0. The number of halogens is 1. The summed E-state index contributed by atoms with van der Waals surface area (Å²) in [6, 6.07) is 9.80. The number of rotatable bonds is 7. The van der Waals surface area contributed by atoms with Crippen LogP contribution in [0.25, 0.3) is 0 Å². The largest absolute Gasteiger partial charge is 0.339 e. The van der Waals surface area contributed by atoms with Crippen LogP contribution >= 0.6 is 23.1 Å². The van der Waals surface area contributed by atoms with Crippen LogP contribution in [0.5, 0.6) is 0 Å². The molecule has 0 spiro atoms. The van der Waals surface area contributed by atoms with Gasteiger partial charge in [-0.2, -0.15) is 0 Å². The van der Waals surface area contributed by atoms with E-state index in [-0.39, 0.29) is 41.3 Å². The van der Waals surface area contributed by atoms with Gasteiger partial charge in [-0.1, -0.05) is 6.07 Å². The van der Waals surface area contributed by atoms with E-state index < -0.39 is 0 Å². The maximum Gasteiger partial charge on any atom is 0.234 e.